The third kappa shape index (κ3) is 7.22. The predicted octanol–water partition coefficient (Wildman–Crippen LogP) is 18.4. The number of fused-ring (bicyclic) bond motifs is 9. The molecular formula is C69H42N4O2. The third-order valence-electron chi connectivity index (χ3n) is 14.7. The fourth-order valence-corrected chi connectivity index (χ4v) is 11.0. The molecule has 0 aliphatic heterocycles. The minimum atomic E-state index is 0.579. The minimum absolute atomic E-state index is 0.579. The van der Waals surface area contributed by atoms with E-state index in [2.05, 4.69) is 205 Å². The first kappa shape index (κ1) is 42.5. The van der Waals surface area contributed by atoms with Crippen LogP contribution in [0.4, 0.5) is 0 Å². The van der Waals surface area contributed by atoms with E-state index in [0.29, 0.717) is 17.5 Å². The van der Waals surface area contributed by atoms with Gasteiger partial charge >= 0.3 is 0 Å². The van der Waals surface area contributed by atoms with Crippen molar-refractivity contribution in [3.63, 3.8) is 0 Å². The lowest BCUT2D eigenvalue weighted by Crippen LogP contribution is -2.00. The van der Waals surface area contributed by atoms with Crippen LogP contribution in [-0.4, -0.2) is 19.5 Å². The average molecular weight is 959 g/mol. The molecule has 15 rings (SSSR count). The van der Waals surface area contributed by atoms with Crippen LogP contribution in [0.3, 0.4) is 0 Å². The number of para-hydroxylation sites is 2. The molecule has 15 aromatic rings. The van der Waals surface area contributed by atoms with Crippen LogP contribution in [0.15, 0.2) is 264 Å². The zero-order valence-electron chi connectivity index (χ0n) is 40.4. The molecule has 0 bridgehead atoms. The molecule has 6 nitrogen and oxygen atoms in total. The first-order valence-electron chi connectivity index (χ1n) is 25.2. The maximum atomic E-state index is 6.81. The number of benzene rings is 11. The number of hydrogen-bond acceptors (Lipinski definition) is 5. The Hall–Kier alpha value is -10.2. The molecule has 0 fully saturated rings. The highest BCUT2D eigenvalue weighted by Gasteiger charge is 2.22. The lowest BCUT2D eigenvalue weighted by atomic mass is 9.96. The van der Waals surface area contributed by atoms with Crippen LogP contribution in [0.2, 0.25) is 0 Å². The molecule has 350 valence electrons. The van der Waals surface area contributed by atoms with E-state index in [1.807, 2.05) is 54.6 Å². The number of furan rings is 2. The van der Waals surface area contributed by atoms with Gasteiger partial charge in [-0.2, -0.15) is 0 Å². The summed E-state index contributed by atoms with van der Waals surface area (Å²) in [5.74, 6) is 1.79. The summed E-state index contributed by atoms with van der Waals surface area (Å²) in [5.41, 5.74) is 18.1. The van der Waals surface area contributed by atoms with Gasteiger partial charge in [0.1, 0.15) is 16.7 Å². The Morgan fingerprint density at radius 1 is 0.267 bits per heavy atom. The van der Waals surface area contributed by atoms with Crippen molar-refractivity contribution in [2.45, 2.75) is 0 Å². The quantitative estimate of drug-likeness (QED) is 0.152. The lowest BCUT2D eigenvalue weighted by Gasteiger charge is -2.13. The van der Waals surface area contributed by atoms with Gasteiger partial charge in [-0.05, 0) is 105 Å². The molecule has 0 aliphatic carbocycles. The smallest absolute Gasteiger partial charge is 0.164 e. The van der Waals surface area contributed by atoms with Gasteiger partial charge < -0.3 is 13.4 Å². The highest BCUT2D eigenvalue weighted by molar-refractivity contribution is 6.15. The van der Waals surface area contributed by atoms with Crippen molar-refractivity contribution < 1.29 is 8.83 Å². The van der Waals surface area contributed by atoms with E-state index in [1.165, 1.54) is 21.9 Å². The Labute approximate surface area is 431 Å². The largest absolute Gasteiger partial charge is 0.456 e. The molecule has 0 aliphatic rings. The maximum absolute atomic E-state index is 6.81. The van der Waals surface area contributed by atoms with Gasteiger partial charge in [0.05, 0.1) is 16.7 Å². The summed E-state index contributed by atoms with van der Waals surface area (Å²) >= 11 is 0. The molecule has 0 saturated carbocycles. The molecule has 0 unspecified atom stereocenters. The van der Waals surface area contributed by atoms with E-state index in [9.17, 15) is 0 Å². The Balaban J connectivity index is 0.842. The summed E-state index contributed by atoms with van der Waals surface area (Å²) in [4.78, 5) is 15.3. The number of rotatable bonds is 8. The van der Waals surface area contributed by atoms with Crippen molar-refractivity contribution in [3.8, 4) is 84.4 Å². The Kier molecular flexibility index (Phi) is 9.78. The van der Waals surface area contributed by atoms with Gasteiger partial charge in [-0.1, -0.05) is 194 Å². The fourth-order valence-electron chi connectivity index (χ4n) is 11.0. The molecule has 6 heteroatoms. The Morgan fingerprint density at radius 3 is 1.55 bits per heavy atom. The number of aromatic nitrogens is 4. The van der Waals surface area contributed by atoms with Crippen molar-refractivity contribution in [2.24, 2.45) is 0 Å². The van der Waals surface area contributed by atoms with E-state index < -0.39 is 0 Å². The van der Waals surface area contributed by atoms with Crippen LogP contribution < -0.4 is 0 Å². The highest BCUT2D eigenvalue weighted by atomic mass is 16.3. The lowest BCUT2D eigenvalue weighted by molar-refractivity contribution is 0.666. The standard InChI is InChI=1S/C69H42N4O2/c1-4-16-43(17-5-1)45-30-32-47(33-31-45)68-70-67(46-20-8-3-9-21-46)71-69(72-68)56-26-15-29-63-65(56)55-36-34-51(42-64(55)74-63)48-22-14-23-49(38-48)52-40-58-54-25-11-13-28-62(54)75-66(58)61(41-52)73-59-27-12-10-24-53(59)57-39-50(35-37-60(57)73)44-18-6-2-7-19-44/h1-42H. The summed E-state index contributed by atoms with van der Waals surface area (Å²) in [6.07, 6.45) is 0. The summed E-state index contributed by atoms with van der Waals surface area (Å²) in [7, 11) is 0. The van der Waals surface area contributed by atoms with Crippen molar-refractivity contribution in [3.05, 3.63) is 255 Å². The van der Waals surface area contributed by atoms with Gasteiger partial charge in [0.25, 0.3) is 0 Å². The highest BCUT2D eigenvalue weighted by Crippen LogP contribution is 2.43. The maximum Gasteiger partial charge on any atom is 0.164 e. The zero-order valence-corrected chi connectivity index (χ0v) is 40.4. The van der Waals surface area contributed by atoms with E-state index >= 15 is 0 Å². The first-order valence-corrected chi connectivity index (χ1v) is 25.2. The van der Waals surface area contributed by atoms with Gasteiger partial charge in [0.2, 0.25) is 0 Å². The number of nitrogens with zero attached hydrogens (tertiary/aromatic N) is 4. The molecule has 0 saturated heterocycles. The van der Waals surface area contributed by atoms with E-state index in [0.717, 1.165) is 111 Å². The molecule has 0 radical (unpaired) electrons. The topological polar surface area (TPSA) is 69.9 Å². The van der Waals surface area contributed by atoms with Crippen molar-refractivity contribution in [2.75, 3.05) is 0 Å². The van der Waals surface area contributed by atoms with E-state index in [4.69, 9.17) is 23.8 Å². The number of hydrogen-bond donors (Lipinski definition) is 0. The second-order valence-corrected chi connectivity index (χ2v) is 19.1. The summed E-state index contributed by atoms with van der Waals surface area (Å²) < 4.78 is 15.9. The molecule has 0 atom stereocenters. The molecule has 0 N–H and O–H groups in total. The van der Waals surface area contributed by atoms with Gasteiger partial charge in [-0.25, -0.2) is 15.0 Å². The van der Waals surface area contributed by atoms with Crippen molar-refractivity contribution in [1.82, 2.24) is 19.5 Å². The van der Waals surface area contributed by atoms with Crippen molar-refractivity contribution >= 4 is 65.7 Å². The van der Waals surface area contributed by atoms with Gasteiger partial charge in [-0.3, -0.25) is 0 Å². The molecule has 4 heterocycles. The fraction of sp³-hybridized carbons (Fsp3) is 0. The molecule has 11 aromatic carbocycles. The van der Waals surface area contributed by atoms with E-state index in [-0.39, 0.29) is 0 Å². The second kappa shape index (κ2) is 17.3. The second-order valence-electron chi connectivity index (χ2n) is 19.1. The van der Waals surface area contributed by atoms with Gasteiger partial charge in [0.15, 0.2) is 23.1 Å². The summed E-state index contributed by atoms with van der Waals surface area (Å²) in [6.45, 7) is 0. The monoisotopic (exact) mass is 958 g/mol. The predicted molar refractivity (Wildman–Crippen MR) is 307 cm³/mol. The molecular weight excluding hydrogens is 917 g/mol. The van der Waals surface area contributed by atoms with Crippen LogP contribution in [0.1, 0.15) is 0 Å². The van der Waals surface area contributed by atoms with Crippen LogP contribution in [0.5, 0.6) is 0 Å². The van der Waals surface area contributed by atoms with Crippen molar-refractivity contribution in [1.29, 1.82) is 0 Å². The zero-order chi connectivity index (χ0) is 49.4. The molecule has 75 heavy (non-hydrogen) atoms. The third-order valence-corrected chi connectivity index (χ3v) is 14.7. The average Bonchev–Trinajstić information content (AvgIpc) is 4.19. The molecule has 4 aromatic heterocycles. The SMILES string of the molecule is c1ccc(-c2ccc(-c3nc(-c4ccccc4)nc(-c4cccc5oc6cc(-c7cccc(-c8cc(-n9c%10ccccc%10c%10cc(-c%11ccccc%11)ccc%109)c9oc%10ccccc%10c9c8)c7)ccc6c45)n3)cc2)cc1. The minimum Gasteiger partial charge on any atom is -0.456 e. The first-order chi connectivity index (χ1) is 37.1. The van der Waals surface area contributed by atoms with Crippen LogP contribution >= 0.6 is 0 Å². The molecule has 0 spiro atoms. The molecule has 0 amide bonds. The van der Waals surface area contributed by atoms with Gasteiger partial charge in [-0.15, -0.1) is 0 Å². The normalized spacial score (nSPS) is 11.7. The van der Waals surface area contributed by atoms with Crippen LogP contribution in [-0.2, 0) is 0 Å². The van der Waals surface area contributed by atoms with E-state index in [1.54, 1.807) is 0 Å². The summed E-state index contributed by atoms with van der Waals surface area (Å²) in [6, 6.07) is 89.3. The Bertz CT molecular complexity index is 4690. The van der Waals surface area contributed by atoms with Gasteiger partial charge in [0, 0.05) is 49.0 Å². The van der Waals surface area contributed by atoms with Crippen LogP contribution in [0, 0.1) is 0 Å². The summed E-state index contributed by atoms with van der Waals surface area (Å²) in [5, 5.41) is 6.47. The Morgan fingerprint density at radius 2 is 0.773 bits per heavy atom. The van der Waals surface area contributed by atoms with Crippen LogP contribution in [0.25, 0.3) is 150 Å².